The quantitative estimate of drug-likeness (QED) is 0.430. The maximum atomic E-state index is 14.5. The van der Waals surface area contributed by atoms with Crippen molar-refractivity contribution in [3.8, 4) is 45.1 Å². The third-order valence-electron chi connectivity index (χ3n) is 5.16. The number of phenolic OH excluding ortho intramolecular Hbond substituents is 2. The monoisotopic (exact) mass is 369 g/mol. The van der Waals surface area contributed by atoms with E-state index in [9.17, 15) is 14.6 Å². The topological polar surface area (TPSA) is 53.4 Å². The number of benzene rings is 3. The highest BCUT2D eigenvalue weighted by Crippen LogP contribution is 2.43. The Balaban J connectivity index is 1.79. The summed E-state index contributed by atoms with van der Waals surface area (Å²) in [5.74, 6) is 0.0830. The van der Waals surface area contributed by atoms with Crippen LogP contribution in [0.5, 0.6) is 11.5 Å². The Labute approximate surface area is 161 Å². The van der Waals surface area contributed by atoms with Crippen LogP contribution >= 0.6 is 0 Å². The van der Waals surface area contributed by atoms with Crippen LogP contribution in [0.3, 0.4) is 0 Å². The van der Waals surface area contributed by atoms with E-state index < -0.39 is 0 Å². The van der Waals surface area contributed by atoms with E-state index >= 15 is 0 Å². The van der Waals surface area contributed by atoms with E-state index in [1.165, 1.54) is 6.07 Å². The summed E-state index contributed by atoms with van der Waals surface area (Å²) >= 11 is 0. The molecule has 4 heteroatoms. The Kier molecular flexibility index (Phi) is 3.66. The molecular weight excluding hydrogens is 353 g/mol. The number of rotatable bonds is 2. The molecule has 136 valence electrons. The van der Waals surface area contributed by atoms with E-state index in [2.05, 4.69) is 0 Å². The van der Waals surface area contributed by atoms with Crippen molar-refractivity contribution in [2.75, 3.05) is 0 Å². The molecule has 0 unspecified atom stereocenters. The molecule has 0 saturated heterocycles. The van der Waals surface area contributed by atoms with Gasteiger partial charge in [0, 0.05) is 17.5 Å². The Morgan fingerprint density at radius 2 is 1.50 bits per heavy atom. The third-order valence-corrected chi connectivity index (χ3v) is 5.16. The average molecular weight is 369 g/mol. The minimum Gasteiger partial charge on any atom is -0.508 e. The van der Waals surface area contributed by atoms with Crippen molar-refractivity contribution >= 4 is 0 Å². The molecule has 28 heavy (non-hydrogen) atoms. The minimum absolute atomic E-state index is 0.192. The molecule has 2 N–H and O–H groups in total. The summed E-state index contributed by atoms with van der Waals surface area (Å²) in [7, 11) is 0. The average Bonchev–Trinajstić information content (AvgIpc) is 3.06. The number of hydrogen-bond donors (Lipinski definition) is 2. The predicted molar refractivity (Wildman–Crippen MR) is 107 cm³/mol. The second kappa shape index (κ2) is 6.20. The van der Waals surface area contributed by atoms with Gasteiger partial charge >= 0.3 is 0 Å². The van der Waals surface area contributed by atoms with Crippen LogP contribution in [-0.2, 0) is 6.42 Å². The smallest absolute Gasteiger partial charge is 0.132 e. The lowest BCUT2D eigenvalue weighted by Gasteiger charge is -2.13. The van der Waals surface area contributed by atoms with E-state index in [1.807, 2.05) is 24.3 Å². The molecule has 0 atom stereocenters. The lowest BCUT2D eigenvalue weighted by atomic mass is 9.96. The van der Waals surface area contributed by atoms with Gasteiger partial charge in [-0.2, -0.15) is 0 Å². The number of halogens is 1. The van der Waals surface area contributed by atoms with Crippen molar-refractivity contribution in [2.24, 2.45) is 0 Å². The number of nitrogens with zero attached hydrogens (tertiary/aromatic N) is 1. The van der Waals surface area contributed by atoms with Gasteiger partial charge in [-0.3, -0.25) is 0 Å². The molecule has 0 aliphatic heterocycles. The van der Waals surface area contributed by atoms with E-state index in [-0.39, 0.29) is 17.3 Å². The van der Waals surface area contributed by atoms with Gasteiger partial charge in [-0.25, -0.2) is 9.37 Å². The number of aromatic nitrogens is 1. The Morgan fingerprint density at radius 3 is 2.29 bits per heavy atom. The van der Waals surface area contributed by atoms with Crippen molar-refractivity contribution in [3.63, 3.8) is 0 Å². The van der Waals surface area contributed by atoms with Crippen LogP contribution in [0.2, 0.25) is 0 Å². The lowest BCUT2D eigenvalue weighted by Crippen LogP contribution is -1.95. The second-order valence-corrected chi connectivity index (χ2v) is 6.93. The number of aromatic hydroxyl groups is 2. The molecule has 0 spiro atoms. The zero-order chi connectivity index (χ0) is 19.3. The van der Waals surface area contributed by atoms with Gasteiger partial charge in [0.05, 0.1) is 11.4 Å². The fourth-order valence-corrected chi connectivity index (χ4v) is 3.83. The molecule has 0 amide bonds. The molecule has 1 aliphatic rings. The van der Waals surface area contributed by atoms with Gasteiger partial charge in [0.25, 0.3) is 0 Å². The molecule has 3 nitrogen and oxygen atoms in total. The summed E-state index contributed by atoms with van der Waals surface area (Å²) < 4.78 is 14.5. The first kappa shape index (κ1) is 16.5. The van der Waals surface area contributed by atoms with Crippen molar-refractivity contribution in [2.45, 2.75) is 6.42 Å². The van der Waals surface area contributed by atoms with E-state index in [0.717, 1.165) is 33.5 Å². The van der Waals surface area contributed by atoms with E-state index in [0.29, 0.717) is 17.7 Å². The van der Waals surface area contributed by atoms with E-state index in [4.69, 9.17) is 4.98 Å². The highest BCUT2D eigenvalue weighted by molar-refractivity contribution is 5.86. The molecule has 5 rings (SSSR count). The second-order valence-electron chi connectivity index (χ2n) is 6.93. The molecule has 3 aromatic carbocycles. The maximum Gasteiger partial charge on any atom is 0.132 e. The maximum absolute atomic E-state index is 14.5. The Hall–Kier alpha value is -3.66. The summed E-state index contributed by atoms with van der Waals surface area (Å²) in [5.41, 5.74) is 6.65. The highest BCUT2D eigenvalue weighted by atomic mass is 19.1. The van der Waals surface area contributed by atoms with Crippen molar-refractivity contribution in [1.82, 2.24) is 4.98 Å². The number of pyridine rings is 1. The fourth-order valence-electron chi connectivity index (χ4n) is 3.83. The molecule has 0 bridgehead atoms. The van der Waals surface area contributed by atoms with Crippen LogP contribution < -0.4 is 0 Å². The van der Waals surface area contributed by atoms with Gasteiger partial charge in [0.1, 0.15) is 17.3 Å². The Morgan fingerprint density at radius 1 is 0.750 bits per heavy atom. The zero-order valence-electron chi connectivity index (χ0n) is 14.9. The fraction of sp³-hybridized carbons (Fsp3) is 0.0417. The minimum atomic E-state index is -0.324. The largest absolute Gasteiger partial charge is 0.508 e. The Bertz CT molecular complexity index is 1220. The summed E-state index contributed by atoms with van der Waals surface area (Å²) in [5, 5.41) is 19.5. The molecule has 1 aromatic heterocycles. The number of phenols is 2. The zero-order valence-corrected chi connectivity index (χ0v) is 14.9. The third kappa shape index (κ3) is 2.62. The number of fused-ring (bicyclic) bond motifs is 3. The first-order chi connectivity index (χ1) is 13.6. The van der Waals surface area contributed by atoms with Crippen molar-refractivity contribution < 1.29 is 14.6 Å². The lowest BCUT2D eigenvalue weighted by molar-refractivity contribution is 0.474. The summed E-state index contributed by atoms with van der Waals surface area (Å²) in [6.07, 6.45) is 0.639. The molecule has 0 radical (unpaired) electrons. The van der Waals surface area contributed by atoms with Crippen molar-refractivity contribution in [1.29, 1.82) is 0 Å². The first-order valence-electron chi connectivity index (χ1n) is 9.00. The normalized spacial score (nSPS) is 11.9. The first-order valence-corrected chi connectivity index (χ1v) is 9.00. The van der Waals surface area contributed by atoms with Gasteiger partial charge in [0.15, 0.2) is 0 Å². The van der Waals surface area contributed by atoms with Gasteiger partial charge < -0.3 is 10.2 Å². The molecule has 0 saturated carbocycles. The van der Waals surface area contributed by atoms with Gasteiger partial charge in [-0.15, -0.1) is 0 Å². The van der Waals surface area contributed by atoms with Gasteiger partial charge in [-0.05, 0) is 70.8 Å². The SMILES string of the molecule is Oc1ccc(-c2cc(-c3ccccc3F)nc3c2Cc2cc(O)ccc2-3)cc1. The highest BCUT2D eigenvalue weighted by Gasteiger charge is 2.25. The van der Waals surface area contributed by atoms with Crippen LogP contribution in [0, 0.1) is 5.82 Å². The standard InChI is InChI=1S/C24H16FNO2/c25-22-4-2-1-3-19(22)23-13-20(14-5-7-16(27)8-6-14)21-12-15-11-17(28)9-10-18(15)24(21)26-23/h1-11,13,27-28H,12H2. The molecule has 1 aliphatic carbocycles. The summed E-state index contributed by atoms with van der Waals surface area (Å²) in [4.78, 5) is 4.79. The van der Waals surface area contributed by atoms with Crippen LogP contribution in [-0.4, -0.2) is 15.2 Å². The molecular formula is C24H16FNO2. The van der Waals surface area contributed by atoms with Crippen LogP contribution in [0.4, 0.5) is 4.39 Å². The number of hydrogen-bond acceptors (Lipinski definition) is 3. The van der Waals surface area contributed by atoms with E-state index in [1.54, 1.807) is 42.5 Å². The molecule has 1 heterocycles. The summed E-state index contributed by atoms with van der Waals surface area (Å²) in [6, 6.07) is 20.7. The van der Waals surface area contributed by atoms with Gasteiger partial charge in [0.2, 0.25) is 0 Å². The van der Waals surface area contributed by atoms with Crippen LogP contribution in [0.1, 0.15) is 11.1 Å². The molecule has 4 aromatic rings. The van der Waals surface area contributed by atoms with Crippen molar-refractivity contribution in [3.05, 3.63) is 89.7 Å². The van der Waals surface area contributed by atoms with Crippen LogP contribution in [0.15, 0.2) is 72.8 Å². The van der Waals surface area contributed by atoms with Crippen LogP contribution in [0.25, 0.3) is 33.6 Å². The van der Waals surface area contributed by atoms with Gasteiger partial charge in [-0.1, -0.05) is 24.3 Å². The predicted octanol–water partition coefficient (Wildman–Crippen LogP) is 5.54. The summed E-state index contributed by atoms with van der Waals surface area (Å²) in [6.45, 7) is 0. The molecule has 0 fully saturated rings.